The SMILES string of the molecule is CCCNC(=S)C(F)P(=O)(OCC)OCC. The smallest absolute Gasteiger partial charge is 0.371 e. The summed E-state index contributed by atoms with van der Waals surface area (Å²) in [5.74, 6) is -1.89. The topological polar surface area (TPSA) is 47.6 Å². The Bertz CT molecular complexity index is 255. The Morgan fingerprint density at radius 2 is 1.88 bits per heavy atom. The molecule has 0 aromatic heterocycles. The zero-order valence-corrected chi connectivity index (χ0v) is 11.6. The first-order chi connectivity index (χ1) is 7.51. The van der Waals surface area contributed by atoms with Gasteiger partial charge in [0, 0.05) is 6.54 Å². The molecule has 0 rings (SSSR count). The average molecular weight is 271 g/mol. The lowest BCUT2D eigenvalue weighted by Gasteiger charge is -2.21. The first-order valence-electron chi connectivity index (χ1n) is 5.32. The third-order valence-electron chi connectivity index (χ3n) is 1.66. The van der Waals surface area contributed by atoms with Crippen LogP contribution in [0.3, 0.4) is 0 Å². The molecule has 96 valence electrons. The van der Waals surface area contributed by atoms with Crippen molar-refractivity contribution in [3.8, 4) is 0 Å². The zero-order chi connectivity index (χ0) is 12.6. The molecule has 0 amide bonds. The van der Waals surface area contributed by atoms with Crippen LogP contribution in [0.2, 0.25) is 0 Å². The van der Waals surface area contributed by atoms with Gasteiger partial charge in [0.25, 0.3) is 0 Å². The number of rotatable bonds is 8. The molecular formula is C9H19FNO3PS. The fourth-order valence-electron chi connectivity index (χ4n) is 1.00. The molecule has 0 aromatic carbocycles. The Hall–Kier alpha value is -0.0300. The Morgan fingerprint density at radius 3 is 2.25 bits per heavy atom. The monoisotopic (exact) mass is 271 g/mol. The van der Waals surface area contributed by atoms with Crippen molar-refractivity contribution in [3.05, 3.63) is 0 Å². The van der Waals surface area contributed by atoms with Crippen molar-refractivity contribution in [1.82, 2.24) is 5.32 Å². The molecule has 0 aliphatic carbocycles. The normalized spacial score (nSPS) is 13.5. The lowest BCUT2D eigenvalue weighted by molar-refractivity contribution is 0.202. The fraction of sp³-hybridized carbons (Fsp3) is 0.889. The Kier molecular flexibility index (Phi) is 8.10. The maximum atomic E-state index is 13.8. The summed E-state index contributed by atoms with van der Waals surface area (Å²) in [6, 6.07) is 0. The summed E-state index contributed by atoms with van der Waals surface area (Å²) in [4.78, 5) is -0.118. The molecule has 0 aliphatic rings. The quantitative estimate of drug-likeness (QED) is 0.543. The van der Waals surface area contributed by atoms with Crippen molar-refractivity contribution in [2.75, 3.05) is 19.8 Å². The van der Waals surface area contributed by atoms with Gasteiger partial charge < -0.3 is 14.4 Å². The summed E-state index contributed by atoms with van der Waals surface area (Å²) < 4.78 is 35.5. The minimum atomic E-state index is -3.78. The van der Waals surface area contributed by atoms with Crippen LogP contribution in [0.15, 0.2) is 0 Å². The van der Waals surface area contributed by atoms with Gasteiger partial charge in [0.2, 0.25) is 5.91 Å². The van der Waals surface area contributed by atoms with Gasteiger partial charge in [-0.3, -0.25) is 4.57 Å². The van der Waals surface area contributed by atoms with Crippen LogP contribution >= 0.6 is 19.8 Å². The Labute approximate surface area is 101 Å². The zero-order valence-electron chi connectivity index (χ0n) is 9.86. The van der Waals surface area contributed by atoms with E-state index in [1.54, 1.807) is 13.8 Å². The van der Waals surface area contributed by atoms with Crippen LogP contribution in [0.1, 0.15) is 27.2 Å². The van der Waals surface area contributed by atoms with Gasteiger partial charge in [-0.25, -0.2) is 4.39 Å². The largest absolute Gasteiger partial charge is 0.377 e. The predicted octanol–water partition coefficient (Wildman–Crippen LogP) is 2.88. The molecule has 0 aromatic rings. The molecule has 0 fully saturated rings. The molecule has 0 bridgehead atoms. The molecule has 0 saturated carbocycles. The van der Waals surface area contributed by atoms with Crippen molar-refractivity contribution in [2.24, 2.45) is 0 Å². The Balaban J connectivity index is 4.53. The second kappa shape index (κ2) is 8.12. The molecule has 0 radical (unpaired) electrons. The predicted molar refractivity (Wildman–Crippen MR) is 66.6 cm³/mol. The molecule has 7 heteroatoms. The summed E-state index contributed by atoms with van der Waals surface area (Å²) in [5, 5.41) is 2.68. The van der Waals surface area contributed by atoms with E-state index in [1.807, 2.05) is 6.92 Å². The minimum absolute atomic E-state index is 0.118. The molecule has 0 saturated heterocycles. The van der Waals surface area contributed by atoms with Gasteiger partial charge in [-0.05, 0) is 20.3 Å². The van der Waals surface area contributed by atoms with Gasteiger partial charge in [-0.2, -0.15) is 0 Å². The highest BCUT2D eigenvalue weighted by Crippen LogP contribution is 2.53. The summed E-state index contributed by atoms with van der Waals surface area (Å²) in [5.41, 5.74) is 0. The molecule has 0 aliphatic heterocycles. The van der Waals surface area contributed by atoms with Gasteiger partial charge >= 0.3 is 7.60 Å². The molecule has 0 heterocycles. The molecule has 1 N–H and O–H groups in total. The van der Waals surface area contributed by atoms with E-state index >= 15 is 0 Å². The number of alkyl halides is 1. The first kappa shape index (κ1) is 16.0. The van der Waals surface area contributed by atoms with E-state index < -0.39 is 13.5 Å². The summed E-state index contributed by atoms with van der Waals surface area (Å²) in [6.07, 6.45) is 0.806. The molecular weight excluding hydrogens is 252 g/mol. The second-order valence-corrected chi connectivity index (χ2v) is 5.49. The average Bonchev–Trinajstić information content (AvgIpc) is 2.25. The number of thiocarbonyl (C=S) groups is 1. The van der Waals surface area contributed by atoms with Crippen molar-refractivity contribution in [2.45, 2.75) is 33.1 Å². The number of halogens is 1. The van der Waals surface area contributed by atoms with E-state index in [1.165, 1.54) is 0 Å². The number of hydrogen-bond acceptors (Lipinski definition) is 4. The summed E-state index contributed by atoms with van der Waals surface area (Å²) >= 11 is 4.80. The van der Waals surface area contributed by atoms with E-state index in [0.717, 1.165) is 6.42 Å². The standard InChI is InChI=1S/C9H19FNO3PS/c1-4-7-11-9(16)8(10)15(12,13-5-2)14-6-3/h8H,4-7H2,1-3H3,(H,11,16). The molecule has 1 atom stereocenters. The van der Waals surface area contributed by atoms with Crippen LogP contribution in [0.25, 0.3) is 0 Å². The van der Waals surface area contributed by atoms with Crippen molar-refractivity contribution in [1.29, 1.82) is 0 Å². The Morgan fingerprint density at radius 1 is 1.38 bits per heavy atom. The third kappa shape index (κ3) is 4.87. The molecule has 16 heavy (non-hydrogen) atoms. The van der Waals surface area contributed by atoms with Crippen LogP contribution in [-0.4, -0.2) is 30.7 Å². The lowest BCUT2D eigenvalue weighted by Crippen LogP contribution is -2.31. The second-order valence-electron chi connectivity index (χ2n) is 3.00. The van der Waals surface area contributed by atoms with Gasteiger partial charge in [-0.1, -0.05) is 19.1 Å². The molecule has 0 spiro atoms. The van der Waals surface area contributed by atoms with Gasteiger partial charge in [0.15, 0.2) is 0 Å². The van der Waals surface area contributed by atoms with Gasteiger partial charge in [0.05, 0.1) is 13.2 Å². The molecule has 1 unspecified atom stereocenters. The van der Waals surface area contributed by atoms with Crippen LogP contribution in [0.4, 0.5) is 4.39 Å². The van der Waals surface area contributed by atoms with Crippen LogP contribution < -0.4 is 5.32 Å². The van der Waals surface area contributed by atoms with E-state index in [0.29, 0.717) is 6.54 Å². The summed E-state index contributed by atoms with van der Waals surface area (Å²) in [7, 11) is -3.78. The highest BCUT2D eigenvalue weighted by Gasteiger charge is 2.38. The fourth-order valence-corrected chi connectivity index (χ4v) is 2.93. The van der Waals surface area contributed by atoms with Crippen LogP contribution in [-0.2, 0) is 13.6 Å². The molecule has 4 nitrogen and oxygen atoms in total. The van der Waals surface area contributed by atoms with E-state index in [4.69, 9.17) is 21.3 Å². The number of hydrogen-bond donors (Lipinski definition) is 1. The van der Waals surface area contributed by atoms with Gasteiger partial charge in [-0.15, -0.1) is 0 Å². The van der Waals surface area contributed by atoms with Crippen LogP contribution in [0.5, 0.6) is 0 Å². The maximum absolute atomic E-state index is 13.8. The lowest BCUT2D eigenvalue weighted by atomic mass is 10.5. The minimum Gasteiger partial charge on any atom is -0.377 e. The van der Waals surface area contributed by atoms with E-state index in [9.17, 15) is 8.96 Å². The van der Waals surface area contributed by atoms with E-state index in [-0.39, 0.29) is 18.2 Å². The number of nitrogens with one attached hydrogen (secondary N) is 1. The first-order valence-corrected chi connectivity index (χ1v) is 7.34. The van der Waals surface area contributed by atoms with Crippen molar-refractivity contribution >= 4 is 24.8 Å². The van der Waals surface area contributed by atoms with Gasteiger partial charge in [0.1, 0.15) is 4.99 Å². The van der Waals surface area contributed by atoms with Crippen molar-refractivity contribution < 1.29 is 18.0 Å². The van der Waals surface area contributed by atoms with E-state index in [2.05, 4.69) is 5.32 Å². The van der Waals surface area contributed by atoms with Crippen LogP contribution in [0, 0.1) is 0 Å². The highest BCUT2D eigenvalue weighted by atomic mass is 32.1. The maximum Gasteiger partial charge on any atom is 0.371 e. The summed E-state index contributed by atoms with van der Waals surface area (Å²) in [6.45, 7) is 5.95. The highest BCUT2D eigenvalue weighted by molar-refractivity contribution is 7.81. The van der Waals surface area contributed by atoms with Crippen molar-refractivity contribution in [3.63, 3.8) is 0 Å². The third-order valence-corrected chi connectivity index (χ3v) is 4.24.